The Morgan fingerprint density at radius 1 is 0.750 bits per heavy atom. The molecule has 50 valence electrons. The van der Waals surface area contributed by atoms with E-state index in [1.807, 2.05) is 0 Å². The van der Waals surface area contributed by atoms with E-state index < -0.39 is 6.48 Å². The Morgan fingerprint density at radius 3 is 0.750 bits per heavy atom. The van der Waals surface area contributed by atoms with Crippen molar-refractivity contribution in [3.63, 3.8) is 0 Å². The Labute approximate surface area is 49.2 Å². The molecule has 0 radical (unpaired) electrons. The average molecular weight is 120 g/mol. The van der Waals surface area contributed by atoms with Crippen LogP contribution in [-0.2, 0) is 0 Å². The number of aliphatic hydroxyl groups excluding tert-OH is 1. The van der Waals surface area contributed by atoms with E-state index in [9.17, 15) is 0 Å². The van der Waals surface area contributed by atoms with Crippen LogP contribution in [0.15, 0.2) is 26.3 Å². The Bertz CT molecular complexity index is 24.1. The lowest BCUT2D eigenvalue weighted by Crippen LogP contribution is -1.98. The molecule has 0 aliphatic rings. The summed E-state index contributed by atoms with van der Waals surface area (Å²) >= 11 is 0. The second kappa shape index (κ2) is 32.8. The van der Waals surface area contributed by atoms with Crippen molar-refractivity contribution in [1.82, 2.24) is 0 Å². The van der Waals surface area contributed by atoms with Crippen molar-refractivity contribution in [1.29, 1.82) is 0 Å². The molecule has 0 fully saturated rings. The van der Waals surface area contributed by atoms with E-state index in [2.05, 4.69) is 26.3 Å². The van der Waals surface area contributed by atoms with Gasteiger partial charge in [-0.1, -0.05) is 0 Å². The molecule has 3 heteroatoms. The number of hydrogen-bond donors (Lipinski definition) is 3. The van der Waals surface area contributed by atoms with Gasteiger partial charge in [0.1, 0.15) is 0 Å². The van der Waals surface area contributed by atoms with Gasteiger partial charge in [0.05, 0.1) is 0 Å². The molecule has 3 nitrogen and oxygen atoms in total. The van der Waals surface area contributed by atoms with Crippen LogP contribution in [0.5, 0.6) is 0 Å². The minimum Gasteiger partial charge on any atom is -0.346 e. The average Bonchev–Trinajstić information content (AvgIpc) is 1.75. The van der Waals surface area contributed by atoms with Crippen molar-refractivity contribution in [2.75, 3.05) is 0 Å². The fraction of sp³-hybridized carbons (Fsp3) is 0.200. The molecule has 0 spiro atoms. The highest BCUT2D eigenvalue weighted by Crippen LogP contribution is 1.49. The van der Waals surface area contributed by atoms with E-state index in [0.29, 0.717) is 0 Å². The van der Waals surface area contributed by atoms with Gasteiger partial charge in [0, 0.05) is 0 Å². The van der Waals surface area contributed by atoms with Gasteiger partial charge in [0.25, 0.3) is 6.48 Å². The summed E-state index contributed by atoms with van der Waals surface area (Å²) in [5.41, 5.74) is 0. The second-order valence-corrected chi connectivity index (χ2v) is 0.346. The summed E-state index contributed by atoms with van der Waals surface area (Å²) in [6, 6.07) is 0. The Hall–Kier alpha value is -0.640. The fourth-order valence-electron chi connectivity index (χ4n) is 0. The summed E-state index contributed by atoms with van der Waals surface area (Å²) in [4.78, 5) is 0. The molecule has 0 rings (SSSR count). The highest BCUT2D eigenvalue weighted by atomic mass is 16.6. The first-order valence-electron chi connectivity index (χ1n) is 1.77. The maximum atomic E-state index is 7.17. The zero-order valence-corrected chi connectivity index (χ0v) is 4.75. The monoisotopic (exact) mass is 120 g/mol. The lowest BCUT2D eigenvalue weighted by Gasteiger charge is -1.80. The van der Waals surface area contributed by atoms with Crippen LogP contribution in [0.25, 0.3) is 0 Å². The molecule has 0 amide bonds. The van der Waals surface area contributed by atoms with Crippen molar-refractivity contribution in [3.8, 4) is 0 Å². The zero-order chi connectivity index (χ0) is 7.58. The first-order chi connectivity index (χ1) is 3.73. The third-order valence-corrected chi connectivity index (χ3v) is 0. The molecule has 0 aromatic carbocycles. The molecular weight excluding hydrogens is 108 g/mol. The van der Waals surface area contributed by atoms with Crippen molar-refractivity contribution < 1.29 is 15.3 Å². The molecular formula is C5H12O3. The lowest BCUT2D eigenvalue weighted by molar-refractivity contribution is -0.198. The maximum Gasteiger partial charge on any atom is 0.263 e. The lowest BCUT2D eigenvalue weighted by atomic mass is 11.3. The summed E-state index contributed by atoms with van der Waals surface area (Å²) < 4.78 is 0. The molecule has 0 aromatic heterocycles. The standard InChI is InChI=1S/2C2H4.CH4O3/c2*1-2;2-1(3)4/h2*1-2H2;1-4H. The second-order valence-electron chi connectivity index (χ2n) is 0.346. The first kappa shape index (κ1) is 15.7. The smallest absolute Gasteiger partial charge is 0.263 e. The van der Waals surface area contributed by atoms with Crippen molar-refractivity contribution >= 4 is 0 Å². The summed E-state index contributed by atoms with van der Waals surface area (Å²) in [7, 11) is 0. The highest BCUT2D eigenvalue weighted by molar-refractivity contribution is 4.22. The number of hydrogen-bond acceptors (Lipinski definition) is 3. The van der Waals surface area contributed by atoms with E-state index >= 15 is 0 Å². The Balaban J connectivity index is -0.0000000542. The first-order valence-corrected chi connectivity index (χ1v) is 1.77. The minimum absolute atomic E-state index is 2.17. The van der Waals surface area contributed by atoms with Gasteiger partial charge >= 0.3 is 0 Å². The molecule has 3 N–H and O–H groups in total. The summed E-state index contributed by atoms with van der Waals surface area (Å²) in [5, 5.41) is 21.5. The van der Waals surface area contributed by atoms with E-state index in [-0.39, 0.29) is 0 Å². The van der Waals surface area contributed by atoms with Crippen LogP contribution in [0.3, 0.4) is 0 Å². The molecule has 0 atom stereocenters. The predicted octanol–water partition coefficient (Wildman–Crippen LogP) is -0.149. The van der Waals surface area contributed by atoms with Gasteiger partial charge in [0.15, 0.2) is 0 Å². The normalized spacial score (nSPS) is 5.50. The van der Waals surface area contributed by atoms with Crippen LogP contribution in [-0.4, -0.2) is 21.8 Å². The summed E-state index contributed by atoms with van der Waals surface area (Å²) in [6.07, 6.45) is 0. The number of aliphatic hydroxyl groups is 3. The van der Waals surface area contributed by atoms with Gasteiger partial charge in [-0.15, -0.1) is 26.3 Å². The Morgan fingerprint density at radius 2 is 0.750 bits per heavy atom. The quantitative estimate of drug-likeness (QED) is 0.308. The van der Waals surface area contributed by atoms with Gasteiger partial charge in [-0.2, -0.15) is 0 Å². The highest BCUT2D eigenvalue weighted by Gasteiger charge is 1.72. The minimum atomic E-state index is -2.17. The van der Waals surface area contributed by atoms with Crippen LogP contribution in [0.1, 0.15) is 0 Å². The van der Waals surface area contributed by atoms with Gasteiger partial charge < -0.3 is 15.3 Å². The van der Waals surface area contributed by atoms with Gasteiger partial charge in [-0.3, -0.25) is 0 Å². The fourth-order valence-corrected chi connectivity index (χ4v) is 0. The largest absolute Gasteiger partial charge is 0.346 e. The van der Waals surface area contributed by atoms with Crippen LogP contribution in [0.2, 0.25) is 0 Å². The maximum absolute atomic E-state index is 7.17. The van der Waals surface area contributed by atoms with Crippen molar-refractivity contribution in [2.24, 2.45) is 0 Å². The molecule has 0 aromatic rings. The molecule has 0 saturated carbocycles. The molecule has 0 bridgehead atoms. The third-order valence-electron chi connectivity index (χ3n) is 0. The van der Waals surface area contributed by atoms with Crippen molar-refractivity contribution in [2.45, 2.75) is 6.48 Å². The van der Waals surface area contributed by atoms with E-state index in [1.165, 1.54) is 0 Å². The van der Waals surface area contributed by atoms with E-state index in [4.69, 9.17) is 15.3 Å². The molecule has 0 heterocycles. The topological polar surface area (TPSA) is 60.7 Å². The van der Waals surface area contributed by atoms with E-state index in [0.717, 1.165) is 0 Å². The molecule has 0 aliphatic heterocycles. The third kappa shape index (κ3) is 249. The Kier molecular flexibility index (Phi) is 64.2. The SMILES string of the molecule is C=C.C=C.OC(O)O. The zero-order valence-electron chi connectivity index (χ0n) is 4.75. The predicted molar refractivity (Wildman–Crippen MR) is 33.0 cm³/mol. The van der Waals surface area contributed by atoms with Gasteiger partial charge in [-0.25, -0.2) is 0 Å². The number of rotatable bonds is 0. The summed E-state index contributed by atoms with van der Waals surface area (Å²) in [5.74, 6) is 0. The van der Waals surface area contributed by atoms with Crippen LogP contribution in [0.4, 0.5) is 0 Å². The molecule has 0 saturated heterocycles. The van der Waals surface area contributed by atoms with Crippen molar-refractivity contribution in [3.05, 3.63) is 26.3 Å². The van der Waals surface area contributed by atoms with Gasteiger partial charge in [-0.05, 0) is 0 Å². The molecule has 0 aliphatic carbocycles. The molecule has 0 unspecified atom stereocenters. The van der Waals surface area contributed by atoms with Crippen LogP contribution < -0.4 is 0 Å². The van der Waals surface area contributed by atoms with Crippen LogP contribution >= 0.6 is 0 Å². The van der Waals surface area contributed by atoms with E-state index in [1.54, 1.807) is 0 Å². The van der Waals surface area contributed by atoms with Crippen LogP contribution in [0, 0.1) is 0 Å². The summed E-state index contributed by atoms with van der Waals surface area (Å²) in [6.45, 7) is 9.83. The van der Waals surface area contributed by atoms with Gasteiger partial charge in [0.2, 0.25) is 0 Å². The molecule has 8 heavy (non-hydrogen) atoms.